The van der Waals surface area contributed by atoms with Crippen molar-refractivity contribution in [2.75, 3.05) is 13.7 Å². The Labute approximate surface area is 181 Å². The smallest absolute Gasteiger partial charge is 0.338 e. The summed E-state index contributed by atoms with van der Waals surface area (Å²) in [7, 11) is -2.49. The summed E-state index contributed by atoms with van der Waals surface area (Å²) in [5.74, 6) is -0.557. The van der Waals surface area contributed by atoms with Crippen LogP contribution in [0.2, 0.25) is 0 Å². The van der Waals surface area contributed by atoms with Gasteiger partial charge in [0.1, 0.15) is 5.01 Å². The van der Waals surface area contributed by atoms with Gasteiger partial charge in [0.05, 0.1) is 23.3 Å². The van der Waals surface area contributed by atoms with Crippen LogP contribution in [0.4, 0.5) is 0 Å². The standard InChI is InChI=1S/C22H24N2O4S2/c1-14-5-7-17(8-6-14)21-24-18(13-29-21)9-10-23-30(26,27)19-11-15(2)16(3)20(12-19)22(25)28-4/h5-8,11-13,23H,9-10H2,1-4H3. The minimum absolute atomic E-state index is 0.0459. The van der Waals surface area contributed by atoms with Gasteiger partial charge < -0.3 is 4.74 Å². The number of nitrogens with one attached hydrogen (secondary N) is 1. The van der Waals surface area contributed by atoms with Crippen LogP contribution in [0, 0.1) is 20.8 Å². The highest BCUT2D eigenvalue weighted by atomic mass is 32.2. The number of carbonyl (C=O) groups excluding carboxylic acids is 1. The Bertz CT molecular complexity index is 1170. The number of ether oxygens (including phenoxy) is 1. The molecule has 3 rings (SSSR count). The number of thiazole rings is 1. The Kier molecular flexibility index (Phi) is 6.70. The predicted octanol–water partition coefficient (Wildman–Crippen LogP) is 4.04. The molecule has 3 aromatic rings. The topological polar surface area (TPSA) is 85.4 Å². The van der Waals surface area contributed by atoms with E-state index in [1.165, 1.54) is 30.1 Å². The molecule has 1 heterocycles. The summed E-state index contributed by atoms with van der Waals surface area (Å²) in [6.07, 6.45) is 0.469. The van der Waals surface area contributed by atoms with E-state index >= 15 is 0 Å². The molecule has 6 nitrogen and oxygen atoms in total. The van der Waals surface area contributed by atoms with Crippen molar-refractivity contribution in [3.05, 3.63) is 69.7 Å². The van der Waals surface area contributed by atoms with E-state index in [0.717, 1.165) is 16.3 Å². The van der Waals surface area contributed by atoms with Crippen LogP contribution in [0.5, 0.6) is 0 Å². The Morgan fingerprint density at radius 2 is 1.83 bits per heavy atom. The lowest BCUT2D eigenvalue weighted by Gasteiger charge is -2.12. The van der Waals surface area contributed by atoms with Gasteiger partial charge >= 0.3 is 5.97 Å². The molecule has 1 aromatic heterocycles. The maximum absolute atomic E-state index is 12.7. The van der Waals surface area contributed by atoms with Gasteiger partial charge in [-0.25, -0.2) is 22.9 Å². The van der Waals surface area contributed by atoms with Crippen LogP contribution < -0.4 is 4.72 Å². The number of aryl methyl sites for hydroxylation is 2. The summed E-state index contributed by atoms with van der Waals surface area (Å²) >= 11 is 1.53. The zero-order chi connectivity index (χ0) is 21.9. The number of hydrogen-bond acceptors (Lipinski definition) is 6. The molecule has 1 N–H and O–H groups in total. The lowest BCUT2D eigenvalue weighted by Crippen LogP contribution is -2.26. The van der Waals surface area contributed by atoms with Crippen molar-refractivity contribution in [3.63, 3.8) is 0 Å². The van der Waals surface area contributed by atoms with E-state index in [1.54, 1.807) is 19.9 Å². The number of methoxy groups -OCH3 is 1. The van der Waals surface area contributed by atoms with E-state index in [9.17, 15) is 13.2 Å². The van der Waals surface area contributed by atoms with Gasteiger partial charge in [0.2, 0.25) is 10.0 Å². The van der Waals surface area contributed by atoms with E-state index in [2.05, 4.69) is 9.71 Å². The van der Waals surface area contributed by atoms with Gasteiger partial charge in [0.15, 0.2) is 0 Å². The van der Waals surface area contributed by atoms with Gasteiger partial charge in [-0.05, 0) is 44.0 Å². The molecular weight excluding hydrogens is 420 g/mol. The third kappa shape index (κ3) is 4.95. The molecule has 0 saturated heterocycles. The lowest BCUT2D eigenvalue weighted by molar-refractivity contribution is 0.0599. The van der Waals surface area contributed by atoms with Gasteiger partial charge in [-0.1, -0.05) is 29.8 Å². The third-order valence-electron chi connectivity index (χ3n) is 4.88. The molecule has 2 aromatic carbocycles. The number of sulfonamides is 1. The molecule has 0 atom stereocenters. The van der Waals surface area contributed by atoms with Gasteiger partial charge in [-0.2, -0.15) is 0 Å². The molecule has 30 heavy (non-hydrogen) atoms. The molecule has 0 aliphatic carbocycles. The summed E-state index contributed by atoms with van der Waals surface area (Å²) in [6.45, 7) is 5.77. The Morgan fingerprint density at radius 1 is 1.13 bits per heavy atom. The highest BCUT2D eigenvalue weighted by Gasteiger charge is 2.20. The molecule has 158 valence electrons. The van der Waals surface area contributed by atoms with Gasteiger partial charge in [0, 0.05) is 23.9 Å². The van der Waals surface area contributed by atoms with E-state index in [0.29, 0.717) is 17.5 Å². The summed E-state index contributed by atoms with van der Waals surface area (Å²) < 4.78 is 32.8. The zero-order valence-corrected chi connectivity index (χ0v) is 19.0. The Hall–Kier alpha value is -2.55. The highest BCUT2D eigenvalue weighted by molar-refractivity contribution is 7.89. The van der Waals surface area contributed by atoms with Crippen molar-refractivity contribution >= 4 is 27.3 Å². The average molecular weight is 445 g/mol. The van der Waals surface area contributed by atoms with Crippen molar-refractivity contribution in [1.29, 1.82) is 0 Å². The number of hydrogen-bond donors (Lipinski definition) is 1. The molecule has 0 bridgehead atoms. The first kappa shape index (κ1) is 22.1. The molecule has 8 heteroatoms. The summed E-state index contributed by atoms with van der Waals surface area (Å²) in [4.78, 5) is 16.6. The second-order valence-electron chi connectivity index (χ2n) is 7.06. The first-order chi connectivity index (χ1) is 14.2. The SMILES string of the molecule is COC(=O)c1cc(S(=O)(=O)NCCc2csc(-c3ccc(C)cc3)n2)cc(C)c1C. The molecule has 0 aliphatic heterocycles. The van der Waals surface area contributed by atoms with Crippen LogP contribution in [0.3, 0.4) is 0 Å². The normalized spacial score (nSPS) is 11.5. The second-order valence-corrected chi connectivity index (χ2v) is 9.69. The summed E-state index contributed by atoms with van der Waals surface area (Å²) in [6, 6.07) is 11.0. The molecular formula is C22H24N2O4S2. The first-order valence-electron chi connectivity index (χ1n) is 9.42. The second kappa shape index (κ2) is 9.07. The predicted molar refractivity (Wildman–Crippen MR) is 118 cm³/mol. The maximum atomic E-state index is 12.7. The minimum atomic E-state index is -3.77. The zero-order valence-electron chi connectivity index (χ0n) is 17.4. The van der Waals surface area contributed by atoms with E-state index in [-0.39, 0.29) is 17.0 Å². The number of aromatic nitrogens is 1. The van der Waals surface area contributed by atoms with Crippen molar-refractivity contribution in [2.24, 2.45) is 0 Å². The van der Waals surface area contributed by atoms with E-state index < -0.39 is 16.0 Å². The van der Waals surface area contributed by atoms with Crippen LogP contribution in [-0.2, 0) is 21.2 Å². The van der Waals surface area contributed by atoms with Crippen LogP contribution in [0.15, 0.2) is 46.7 Å². The molecule has 0 saturated carbocycles. The van der Waals surface area contributed by atoms with Gasteiger partial charge in [-0.15, -0.1) is 11.3 Å². The monoisotopic (exact) mass is 444 g/mol. The number of esters is 1. The first-order valence-corrected chi connectivity index (χ1v) is 11.8. The molecule has 0 radical (unpaired) electrons. The molecule has 0 unspecified atom stereocenters. The van der Waals surface area contributed by atoms with Crippen molar-refractivity contribution < 1.29 is 17.9 Å². The van der Waals surface area contributed by atoms with E-state index in [4.69, 9.17) is 4.74 Å². The quantitative estimate of drug-likeness (QED) is 0.556. The fourth-order valence-electron chi connectivity index (χ4n) is 2.95. The van der Waals surface area contributed by atoms with Crippen molar-refractivity contribution in [2.45, 2.75) is 32.1 Å². The van der Waals surface area contributed by atoms with E-state index in [1.807, 2.05) is 36.6 Å². The largest absolute Gasteiger partial charge is 0.465 e. The molecule has 0 aliphatic rings. The van der Waals surface area contributed by atoms with Crippen LogP contribution in [0.25, 0.3) is 10.6 Å². The Balaban J connectivity index is 1.70. The molecule has 0 fully saturated rings. The fourth-order valence-corrected chi connectivity index (χ4v) is 4.95. The summed E-state index contributed by atoms with van der Waals surface area (Å²) in [5.41, 5.74) is 4.72. The third-order valence-corrected chi connectivity index (χ3v) is 7.26. The van der Waals surface area contributed by atoms with Crippen molar-refractivity contribution in [3.8, 4) is 10.6 Å². The van der Waals surface area contributed by atoms with Crippen LogP contribution >= 0.6 is 11.3 Å². The molecule has 0 amide bonds. The van der Waals surface area contributed by atoms with Crippen LogP contribution in [0.1, 0.15) is 32.7 Å². The number of carbonyl (C=O) groups is 1. The van der Waals surface area contributed by atoms with Gasteiger partial charge in [-0.3, -0.25) is 0 Å². The average Bonchev–Trinajstić information content (AvgIpc) is 3.18. The summed E-state index contributed by atoms with van der Waals surface area (Å²) in [5, 5.41) is 2.85. The Morgan fingerprint density at radius 3 is 2.50 bits per heavy atom. The minimum Gasteiger partial charge on any atom is -0.465 e. The number of benzene rings is 2. The molecule has 0 spiro atoms. The number of nitrogens with zero attached hydrogens (tertiary/aromatic N) is 1. The number of rotatable bonds is 7. The highest BCUT2D eigenvalue weighted by Crippen LogP contribution is 2.24. The fraction of sp³-hybridized carbons (Fsp3) is 0.273. The maximum Gasteiger partial charge on any atom is 0.338 e. The van der Waals surface area contributed by atoms with Crippen molar-refractivity contribution in [1.82, 2.24) is 9.71 Å². The van der Waals surface area contributed by atoms with Gasteiger partial charge in [0.25, 0.3) is 0 Å². The van der Waals surface area contributed by atoms with Crippen LogP contribution in [-0.4, -0.2) is 33.0 Å². The lowest BCUT2D eigenvalue weighted by atomic mass is 10.0.